The minimum atomic E-state index is -0.581. The van der Waals surface area contributed by atoms with Gasteiger partial charge in [-0.1, -0.05) is 23.7 Å². The van der Waals surface area contributed by atoms with Crippen molar-refractivity contribution in [3.63, 3.8) is 0 Å². The van der Waals surface area contributed by atoms with Crippen LogP contribution in [0, 0.1) is 11.3 Å². The molecule has 0 saturated heterocycles. The number of halogens is 1. The Morgan fingerprint density at radius 3 is 2.85 bits per heavy atom. The predicted octanol–water partition coefficient (Wildman–Crippen LogP) is 2.70. The molecule has 0 aliphatic carbocycles. The summed E-state index contributed by atoms with van der Waals surface area (Å²) in [6.07, 6.45) is 1.09. The molecule has 1 heterocycles. The maximum Gasteiger partial charge on any atom is 0.267 e. The van der Waals surface area contributed by atoms with E-state index in [-0.39, 0.29) is 11.7 Å². The molecule has 3 rings (SSSR count). The van der Waals surface area contributed by atoms with Gasteiger partial charge in [0.2, 0.25) is 0 Å². The average molecular weight is 385 g/mol. The third-order valence-electron chi connectivity index (χ3n) is 3.77. The molecule has 138 valence electrons. The van der Waals surface area contributed by atoms with Crippen molar-refractivity contribution in [3.05, 3.63) is 59.3 Å². The van der Waals surface area contributed by atoms with Gasteiger partial charge in [0.25, 0.3) is 5.91 Å². The first kappa shape index (κ1) is 18.4. The van der Waals surface area contributed by atoms with Crippen LogP contribution in [0.1, 0.15) is 0 Å². The van der Waals surface area contributed by atoms with Gasteiger partial charge in [0, 0.05) is 11.9 Å². The lowest BCUT2D eigenvalue weighted by Crippen LogP contribution is -2.37. The summed E-state index contributed by atoms with van der Waals surface area (Å²) >= 11 is 6.03. The van der Waals surface area contributed by atoms with Gasteiger partial charge in [-0.05, 0) is 30.3 Å². The Hall–Kier alpha value is -3.37. The molecule has 2 aromatic carbocycles. The normalized spacial score (nSPS) is 15.6. The highest BCUT2D eigenvalue weighted by Gasteiger charge is 2.20. The van der Waals surface area contributed by atoms with E-state index in [1.54, 1.807) is 12.1 Å². The van der Waals surface area contributed by atoms with E-state index in [0.29, 0.717) is 41.0 Å². The van der Waals surface area contributed by atoms with Gasteiger partial charge in [0.05, 0.1) is 17.3 Å². The van der Waals surface area contributed by atoms with Crippen LogP contribution in [-0.4, -0.2) is 25.2 Å². The number of nitrogens with zero attached hydrogens (tertiary/aromatic N) is 1. The lowest BCUT2D eigenvalue weighted by molar-refractivity contribution is -0.112. The molecule has 0 saturated carbocycles. The van der Waals surface area contributed by atoms with Crippen molar-refractivity contribution in [2.75, 3.05) is 24.2 Å². The van der Waals surface area contributed by atoms with Crippen molar-refractivity contribution in [1.29, 1.82) is 5.26 Å². The van der Waals surface area contributed by atoms with E-state index in [9.17, 15) is 10.1 Å². The average Bonchev–Trinajstić information content (AvgIpc) is 2.67. The zero-order chi connectivity index (χ0) is 19.2. The van der Waals surface area contributed by atoms with Crippen molar-refractivity contribution < 1.29 is 14.3 Å². The van der Waals surface area contributed by atoms with Crippen LogP contribution < -0.4 is 25.8 Å². The van der Waals surface area contributed by atoms with Crippen molar-refractivity contribution in [1.82, 2.24) is 5.32 Å². The van der Waals surface area contributed by atoms with Crippen LogP contribution in [0.4, 0.5) is 11.4 Å². The van der Waals surface area contributed by atoms with Crippen molar-refractivity contribution >= 4 is 28.9 Å². The number of rotatable bonds is 5. The molecule has 1 atom stereocenters. The third-order valence-corrected chi connectivity index (χ3v) is 4.08. The molecule has 0 spiro atoms. The number of carbonyl (C=O) groups is 1. The minimum Gasteiger partial charge on any atom is -0.486 e. The van der Waals surface area contributed by atoms with E-state index in [1.807, 2.05) is 30.3 Å². The van der Waals surface area contributed by atoms with Crippen LogP contribution in [0.25, 0.3) is 0 Å². The van der Waals surface area contributed by atoms with Crippen LogP contribution in [-0.2, 0) is 4.79 Å². The molecule has 1 aliphatic heterocycles. The third kappa shape index (κ3) is 4.63. The molecule has 4 N–H and O–H groups in total. The Labute approximate surface area is 161 Å². The number of amides is 1. The van der Waals surface area contributed by atoms with E-state index in [1.165, 1.54) is 12.3 Å². The highest BCUT2D eigenvalue weighted by atomic mass is 35.5. The molecule has 1 unspecified atom stereocenters. The molecule has 0 fully saturated rings. The minimum absolute atomic E-state index is 0.0972. The molecule has 2 aromatic rings. The smallest absolute Gasteiger partial charge is 0.267 e. The quantitative estimate of drug-likeness (QED) is 0.415. The maximum atomic E-state index is 12.2. The maximum absolute atomic E-state index is 12.2. The number of fused-ring (bicyclic) bond motifs is 1. The molecular formula is C19H17ClN4O3. The number of carbonyl (C=O) groups excluding carboxylic acids is 1. The van der Waals surface area contributed by atoms with Gasteiger partial charge in [-0.15, -0.1) is 0 Å². The first-order valence-corrected chi connectivity index (χ1v) is 8.53. The van der Waals surface area contributed by atoms with Gasteiger partial charge in [-0.2, -0.15) is 5.26 Å². The molecular weight excluding hydrogens is 368 g/mol. The Morgan fingerprint density at radius 2 is 2.11 bits per heavy atom. The number of nitriles is 1. The fourth-order valence-electron chi connectivity index (χ4n) is 2.43. The predicted molar refractivity (Wildman–Crippen MR) is 103 cm³/mol. The van der Waals surface area contributed by atoms with Gasteiger partial charge in [-0.25, -0.2) is 0 Å². The van der Waals surface area contributed by atoms with Gasteiger partial charge in [-0.3, -0.25) is 4.79 Å². The molecule has 1 aliphatic rings. The number of ether oxygens (including phenoxy) is 2. The van der Waals surface area contributed by atoms with Crippen molar-refractivity contribution in [3.8, 4) is 17.6 Å². The fraction of sp³-hybridized carbons (Fsp3) is 0.158. The van der Waals surface area contributed by atoms with E-state index in [2.05, 4.69) is 10.6 Å². The lowest BCUT2D eigenvalue weighted by Gasteiger charge is -2.26. The Morgan fingerprint density at radius 1 is 1.33 bits per heavy atom. The topological polar surface area (TPSA) is 109 Å². The highest BCUT2D eigenvalue weighted by Crippen LogP contribution is 2.30. The number of hydrogen-bond donors (Lipinski definition) is 3. The summed E-state index contributed by atoms with van der Waals surface area (Å²) in [4.78, 5) is 12.2. The Bertz CT molecular complexity index is 923. The summed E-state index contributed by atoms with van der Waals surface area (Å²) < 4.78 is 11.4. The molecule has 0 bridgehead atoms. The zero-order valence-corrected chi connectivity index (χ0v) is 15.0. The Balaban J connectivity index is 1.57. The van der Waals surface area contributed by atoms with E-state index < -0.39 is 5.91 Å². The van der Waals surface area contributed by atoms with Crippen LogP contribution in [0.3, 0.4) is 0 Å². The summed E-state index contributed by atoms with van der Waals surface area (Å²) in [5.74, 6) is 0.778. The first-order valence-electron chi connectivity index (χ1n) is 8.15. The molecule has 0 radical (unpaired) electrons. The summed E-state index contributed by atoms with van der Waals surface area (Å²) in [6, 6.07) is 13.9. The summed E-state index contributed by atoms with van der Waals surface area (Å²) in [5.41, 5.74) is 6.37. The number of para-hydroxylation sites is 2. The number of anilines is 2. The second-order valence-corrected chi connectivity index (χ2v) is 6.18. The fourth-order valence-corrected chi connectivity index (χ4v) is 2.66. The summed E-state index contributed by atoms with van der Waals surface area (Å²) in [7, 11) is 0. The van der Waals surface area contributed by atoms with Gasteiger partial charge in [0.1, 0.15) is 24.4 Å². The number of hydrogen-bond acceptors (Lipinski definition) is 6. The molecule has 27 heavy (non-hydrogen) atoms. The number of nitrogens with two attached hydrogens (primary N) is 1. The Kier molecular flexibility index (Phi) is 5.69. The molecule has 0 aromatic heterocycles. The van der Waals surface area contributed by atoms with E-state index in [0.717, 1.165) is 0 Å². The van der Waals surface area contributed by atoms with Crippen LogP contribution >= 0.6 is 11.6 Å². The van der Waals surface area contributed by atoms with Crippen molar-refractivity contribution in [2.45, 2.75) is 6.10 Å². The highest BCUT2D eigenvalue weighted by molar-refractivity contribution is 6.34. The lowest BCUT2D eigenvalue weighted by atomic mass is 10.2. The van der Waals surface area contributed by atoms with Gasteiger partial charge < -0.3 is 25.8 Å². The molecule has 8 heteroatoms. The second-order valence-electron chi connectivity index (χ2n) is 5.77. The number of nitrogens with one attached hydrogen (secondary N) is 2. The van der Waals surface area contributed by atoms with Gasteiger partial charge in [0.15, 0.2) is 11.5 Å². The van der Waals surface area contributed by atoms with E-state index >= 15 is 0 Å². The number of nitrogen functional groups attached to an aromatic ring is 1. The summed E-state index contributed by atoms with van der Waals surface area (Å²) in [6.45, 7) is 0.738. The number of benzene rings is 2. The SMILES string of the molecule is N#C/C(=C/NCC1COc2ccccc2O1)C(=O)Nc1ccc(N)cc1Cl. The largest absolute Gasteiger partial charge is 0.486 e. The molecule has 1 amide bonds. The monoisotopic (exact) mass is 384 g/mol. The zero-order valence-electron chi connectivity index (χ0n) is 14.2. The standard InChI is InChI=1S/C19H17ClN4O3/c20-15-7-13(22)5-6-16(15)24-19(25)12(8-21)9-23-10-14-11-26-17-3-1-2-4-18(17)27-14/h1-7,9,14,23H,10-11,22H2,(H,24,25)/b12-9-. The van der Waals surface area contributed by atoms with Crippen molar-refractivity contribution in [2.24, 2.45) is 0 Å². The first-order chi connectivity index (χ1) is 13.1. The van der Waals surface area contributed by atoms with E-state index in [4.69, 9.17) is 26.8 Å². The summed E-state index contributed by atoms with van der Waals surface area (Å²) in [5, 5.41) is 15.0. The van der Waals surface area contributed by atoms with Crippen LogP contribution in [0.2, 0.25) is 5.02 Å². The van der Waals surface area contributed by atoms with Crippen LogP contribution in [0.15, 0.2) is 54.2 Å². The van der Waals surface area contributed by atoms with Gasteiger partial charge >= 0.3 is 0 Å². The van der Waals surface area contributed by atoms with Crippen LogP contribution in [0.5, 0.6) is 11.5 Å². The molecule has 7 nitrogen and oxygen atoms in total. The second kappa shape index (κ2) is 8.34.